The van der Waals surface area contributed by atoms with Crippen molar-refractivity contribution in [1.29, 1.82) is 0 Å². The first-order valence-corrected chi connectivity index (χ1v) is 5.21. The number of rotatable bonds is 4. The van der Waals surface area contributed by atoms with Crippen molar-refractivity contribution < 1.29 is 29.3 Å². The number of carbonyl (C=O) groups is 2. The lowest BCUT2D eigenvalue weighted by Crippen LogP contribution is -2.17. The van der Waals surface area contributed by atoms with Crippen molar-refractivity contribution in [3.63, 3.8) is 0 Å². The van der Waals surface area contributed by atoms with Crippen LogP contribution in [0.5, 0.6) is 0 Å². The molecule has 2 rings (SSSR count). The number of carbonyl (C=O) groups excluding carboxylic acids is 2. The lowest BCUT2D eigenvalue weighted by atomic mass is 10.00. The lowest BCUT2D eigenvalue weighted by Gasteiger charge is -2.17. The molecule has 0 aromatic rings. The topological polar surface area (TPSA) is 93.1 Å². The molecule has 6 heteroatoms. The van der Waals surface area contributed by atoms with Crippen LogP contribution in [-0.2, 0) is 19.1 Å². The first kappa shape index (κ1) is 12.5. The van der Waals surface area contributed by atoms with Crippen molar-refractivity contribution >= 4 is 11.6 Å². The van der Waals surface area contributed by atoms with Crippen LogP contribution in [0.2, 0.25) is 0 Å². The predicted octanol–water partition coefficient (Wildman–Crippen LogP) is -0.260. The van der Waals surface area contributed by atoms with Crippen molar-refractivity contribution in [1.82, 2.24) is 0 Å². The van der Waals surface area contributed by atoms with Gasteiger partial charge in [-0.25, -0.2) is 0 Å². The SMILES string of the molecule is C=CC[C](C1=CC(=O)C(O)O1)C1=CC(=O)C(O)O1. The van der Waals surface area contributed by atoms with Crippen LogP contribution in [-0.4, -0.2) is 34.4 Å². The number of hydrogen-bond acceptors (Lipinski definition) is 6. The first-order valence-electron chi connectivity index (χ1n) is 5.21. The second-order valence-corrected chi connectivity index (χ2v) is 3.73. The molecule has 2 atom stereocenters. The van der Waals surface area contributed by atoms with Crippen LogP contribution in [0.25, 0.3) is 0 Å². The van der Waals surface area contributed by atoms with Crippen LogP contribution in [0.1, 0.15) is 6.42 Å². The predicted molar refractivity (Wildman–Crippen MR) is 58.4 cm³/mol. The molecule has 2 unspecified atom stereocenters. The minimum Gasteiger partial charge on any atom is -0.460 e. The summed E-state index contributed by atoms with van der Waals surface area (Å²) < 4.78 is 9.88. The van der Waals surface area contributed by atoms with E-state index in [9.17, 15) is 19.8 Å². The highest BCUT2D eigenvalue weighted by molar-refractivity contribution is 5.97. The fourth-order valence-electron chi connectivity index (χ4n) is 1.61. The molecule has 95 valence electrons. The zero-order chi connectivity index (χ0) is 13.3. The quantitative estimate of drug-likeness (QED) is 0.669. The van der Waals surface area contributed by atoms with Crippen LogP contribution < -0.4 is 0 Å². The van der Waals surface area contributed by atoms with E-state index in [1.54, 1.807) is 0 Å². The van der Waals surface area contributed by atoms with Gasteiger partial charge in [0.05, 0.1) is 0 Å². The van der Waals surface area contributed by atoms with E-state index < -0.39 is 24.1 Å². The van der Waals surface area contributed by atoms with Gasteiger partial charge in [0.15, 0.2) is 0 Å². The fourth-order valence-corrected chi connectivity index (χ4v) is 1.61. The van der Waals surface area contributed by atoms with Crippen molar-refractivity contribution in [2.75, 3.05) is 0 Å². The molecular formula is C12H11O6. The number of aliphatic hydroxyl groups excluding tert-OH is 2. The van der Waals surface area contributed by atoms with E-state index in [1.165, 1.54) is 6.08 Å². The molecule has 2 N–H and O–H groups in total. The third-order valence-electron chi connectivity index (χ3n) is 2.45. The summed E-state index contributed by atoms with van der Waals surface area (Å²) in [7, 11) is 0. The molecular weight excluding hydrogens is 240 g/mol. The van der Waals surface area contributed by atoms with Gasteiger partial charge >= 0.3 is 0 Å². The second-order valence-electron chi connectivity index (χ2n) is 3.73. The summed E-state index contributed by atoms with van der Waals surface area (Å²) in [6.45, 7) is 3.54. The van der Waals surface area contributed by atoms with E-state index in [2.05, 4.69) is 6.58 Å². The molecule has 0 spiro atoms. The molecule has 2 aliphatic heterocycles. The minimum absolute atomic E-state index is 0.112. The molecule has 0 bridgehead atoms. The van der Waals surface area contributed by atoms with Crippen molar-refractivity contribution in [2.45, 2.75) is 19.0 Å². The first-order chi connectivity index (χ1) is 8.52. The van der Waals surface area contributed by atoms with Crippen molar-refractivity contribution in [3.8, 4) is 0 Å². The largest absolute Gasteiger partial charge is 0.460 e. The summed E-state index contributed by atoms with van der Waals surface area (Å²) in [5, 5.41) is 18.4. The standard InChI is InChI=1S/C12H11O6/c1-2-3-6(9-4-7(13)11(15)17-9)10-5-8(14)12(16)18-10/h2,4-5,11-12,15-16H,1,3H2. The molecule has 0 aromatic heterocycles. The Bertz CT molecular complexity index is 423. The summed E-state index contributed by atoms with van der Waals surface area (Å²) in [5.41, 5.74) is 0. The lowest BCUT2D eigenvalue weighted by molar-refractivity contribution is -0.138. The van der Waals surface area contributed by atoms with E-state index in [1.807, 2.05) is 0 Å². The minimum atomic E-state index is -1.54. The highest BCUT2D eigenvalue weighted by Crippen LogP contribution is 2.34. The van der Waals surface area contributed by atoms with E-state index in [-0.39, 0.29) is 17.9 Å². The average molecular weight is 251 g/mol. The van der Waals surface area contributed by atoms with Gasteiger partial charge in [0.25, 0.3) is 12.6 Å². The Morgan fingerprint density at radius 3 is 1.89 bits per heavy atom. The maximum atomic E-state index is 11.2. The summed E-state index contributed by atoms with van der Waals surface area (Å²) in [6, 6.07) is 0. The van der Waals surface area contributed by atoms with Crippen molar-refractivity contribution in [2.24, 2.45) is 0 Å². The second kappa shape index (κ2) is 4.75. The Hall–Kier alpha value is -1.92. The Balaban J connectivity index is 2.23. The van der Waals surface area contributed by atoms with Gasteiger partial charge in [-0.1, -0.05) is 6.08 Å². The molecule has 18 heavy (non-hydrogen) atoms. The number of ether oxygens (including phenoxy) is 2. The van der Waals surface area contributed by atoms with Gasteiger partial charge in [-0.15, -0.1) is 6.58 Å². The van der Waals surface area contributed by atoms with E-state index in [0.29, 0.717) is 5.92 Å². The molecule has 0 aromatic carbocycles. The van der Waals surface area contributed by atoms with Crippen LogP contribution in [0.4, 0.5) is 0 Å². The number of aliphatic hydroxyl groups is 2. The third kappa shape index (κ3) is 2.20. The normalized spacial score (nSPS) is 26.8. The molecule has 1 radical (unpaired) electrons. The van der Waals surface area contributed by atoms with Gasteiger partial charge in [0.2, 0.25) is 11.6 Å². The molecule has 6 nitrogen and oxygen atoms in total. The van der Waals surface area contributed by atoms with Gasteiger partial charge in [0, 0.05) is 12.2 Å². The van der Waals surface area contributed by atoms with Crippen LogP contribution in [0.3, 0.4) is 0 Å². The van der Waals surface area contributed by atoms with Gasteiger partial charge < -0.3 is 19.7 Å². The molecule has 0 aliphatic carbocycles. The third-order valence-corrected chi connectivity index (χ3v) is 2.45. The zero-order valence-electron chi connectivity index (χ0n) is 9.33. The average Bonchev–Trinajstić information content (AvgIpc) is 2.81. The van der Waals surface area contributed by atoms with Gasteiger partial charge in [-0.2, -0.15) is 0 Å². The summed E-state index contributed by atoms with van der Waals surface area (Å²) in [6.07, 6.45) is 0.933. The Morgan fingerprint density at radius 2 is 1.61 bits per heavy atom. The molecule has 0 saturated carbocycles. The highest BCUT2D eigenvalue weighted by Gasteiger charge is 2.36. The maximum Gasteiger partial charge on any atom is 0.261 e. The van der Waals surface area contributed by atoms with E-state index >= 15 is 0 Å². The highest BCUT2D eigenvalue weighted by atomic mass is 16.6. The van der Waals surface area contributed by atoms with E-state index in [4.69, 9.17) is 9.47 Å². The zero-order valence-corrected chi connectivity index (χ0v) is 9.33. The van der Waals surface area contributed by atoms with Crippen molar-refractivity contribution in [3.05, 3.63) is 42.2 Å². The Kier molecular flexibility index (Phi) is 3.31. The maximum absolute atomic E-state index is 11.2. The van der Waals surface area contributed by atoms with Gasteiger partial charge in [0.1, 0.15) is 17.4 Å². The van der Waals surface area contributed by atoms with Crippen LogP contribution in [0.15, 0.2) is 36.3 Å². The smallest absolute Gasteiger partial charge is 0.261 e. The molecule has 2 aliphatic rings. The van der Waals surface area contributed by atoms with Crippen LogP contribution in [0, 0.1) is 5.92 Å². The number of ketones is 2. The summed E-state index contributed by atoms with van der Waals surface area (Å²) in [4.78, 5) is 22.3. The summed E-state index contributed by atoms with van der Waals surface area (Å²) >= 11 is 0. The molecule has 0 fully saturated rings. The molecule has 2 heterocycles. The Morgan fingerprint density at radius 1 is 1.17 bits per heavy atom. The number of allylic oxidation sites excluding steroid dienone is 1. The molecule has 0 amide bonds. The fraction of sp³-hybridized carbons (Fsp3) is 0.250. The summed E-state index contributed by atoms with van der Waals surface area (Å²) in [5.74, 6) is -0.574. The Labute approximate surface area is 103 Å². The van der Waals surface area contributed by atoms with Crippen LogP contribution >= 0.6 is 0 Å². The molecule has 0 saturated heterocycles. The van der Waals surface area contributed by atoms with E-state index in [0.717, 1.165) is 12.2 Å². The number of hydrogen-bond donors (Lipinski definition) is 2. The van der Waals surface area contributed by atoms with Gasteiger partial charge in [-0.05, 0) is 6.42 Å². The van der Waals surface area contributed by atoms with Gasteiger partial charge in [-0.3, -0.25) is 9.59 Å². The monoisotopic (exact) mass is 251 g/mol.